The van der Waals surface area contributed by atoms with Gasteiger partial charge in [0.05, 0.1) is 18.0 Å². The van der Waals surface area contributed by atoms with Crippen LogP contribution in [0.4, 0.5) is 0 Å². The molecule has 2 aliphatic rings. The van der Waals surface area contributed by atoms with Crippen molar-refractivity contribution in [2.45, 2.75) is 38.1 Å². The minimum Gasteiger partial charge on any atom is -0.339 e. The quantitative estimate of drug-likeness (QED) is 0.895. The molecule has 0 bridgehead atoms. The Hall–Kier alpha value is -1.72. The Morgan fingerprint density at radius 2 is 2.16 bits per heavy atom. The minimum absolute atomic E-state index is 0.00342. The van der Waals surface area contributed by atoms with Crippen molar-refractivity contribution in [3.05, 3.63) is 47.3 Å². The summed E-state index contributed by atoms with van der Waals surface area (Å²) in [6, 6.07) is 1.94. The number of aromatic nitrogens is 2. The maximum absolute atomic E-state index is 12.6. The molecule has 0 aliphatic heterocycles. The number of hydrogen-bond acceptors (Lipinski definition) is 4. The number of amides is 1. The molecule has 1 aromatic heterocycles. The Bertz CT molecular complexity index is 665. The van der Waals surface area contributed by atoms with E-state index in [4.69, 9.17) is 17.3 Å². The molecular formula is C19H25ClN4O. The molecule has 0 spiro atoms. The average molecular weight is 361 g/mol. The van der Waals surface area contributed by atoms with Crippen molar-refractivity contribution in [1.29, 1.82) is 0 Å². The second-order valence-electron chi connectivity index (χ2n) is 7.15. The summed E-state index contributed by atoms with van der Waals surface area (Å²) in [6.07, 6.45) is 14.1. The van der Waals surface area contributed by atoms with Gasteiger partial charge in [0.1, 0.15) is 0 Å². The Kier molecular flexibility index (Phi) is 5.54. The van der Waals surface area contributed by atoms with E-state index in [1.165, 1.54) is 6.20 Å². The van der Waals surface area contributed by atoms with Gasteiger partial charge in [-0.25, -0.2) is 0 Å². The molecule has 1 saturated carbocycles. The van der Waals surface area contributed by atoms with Gasteiger partial charge in [0, 0.05) is 18.1 Å². The first-order valence-corrected chi connectivity index (χ1v) is 9.20. The zero-order valence-corrected chi connectivity index (χ0v) is 15.3. The monoisotopic (exact) mass is 360 g/mol. The number of halogens is 1. The standard InChI is InChI=1S/C19H25ClN4O/c1-24(18(25)14-7-10-22-23-12-14)17-5-8-19(13-21,9-6-17)15-3-2-4-16(20)11-15/h2-4,7,10,12,15,17H,5-6,8-9,11,13,21H2,1H3/t15?,17-,19-. The summed E-state index contributed by atoms with van der Waals surface area (Å²) in [6.45, 7) is 0.658. The van der Waals surface area contributed by atoms with Crippen LogP contribution in [0.25, 0.3) is 0 Å². The average Bonchev–Trinajstić information content (AvgIpc) is 2.67. The van der Waals surface area contributed by atoms with Crippen molar-refractivity contribution in [2.75, 3.05) is 13.6 Å². The van der Waals surface area contributed by atoms with E-state index >= 15 is 0 Å². The van der Waals surface area contributed by atoms with Crippen LogP contribution in [-0.4, -0.2) is 40.6 Å². The van der Waals surface area contributed by atoms with Crippen LogP contribution < -0.4 is 5.73 Å². The molecule has 25 heavy (non-hydrogen) atoms. The van der Waals surface area contributed by atoms with Gasteiger partial charge in [-0.15, -0.1) is 0 Å². The molecular weight excluding hydrogens is 336 g/mol. The van der Waals surface area contributed by atoms with Gasteiger partial charge >= 0.3 is 0 Å². The van der Waals surface area contributed by atoms with Gasteiger partial charge in [0.15, 0.2) is 0 Å². The van der Waals surface area contributed by atoms with Crippen LogP contribution in [0.2, 0.25) is 0 Å². The van der Waals surface area contributed by atoms with Gasteiger partial charge in [0.2, 0.25) is 0 Å². The molecule has 0 saturated heterocycles. The number of allylic oxidation sites excluding steroid dienone is 4. The first-order valence-electron chi connectivity index (χ1n) is 8.82. The van der Waals surface area contributed by atoms with Crippen LogP contribution in [0.1, 0.15) is 42.5 Å². The smallest absolute Gasteiger partial charge is 0.255 e. The third-order valence-corrected chi connectivity index (χ3v) is 6.16. The molecule has 3 rings (SSSR count). The molecule has 1 atom stereocenters. The zero-order chi connectivity index (χ0) is 17.9. The van der Waals surface area contributed by atoms with E-state index in [1.807, 2.05) is 24.1 Å². The van der Waals surface area contributed by atoms with Gasteiger partial charge in [-0.3, -0.25) is 4.79 Å². The van der Waals surface area contributed by atoms with E-state index in [-0.39, 0.29) is 17.4 Å². The SMILES string of the molecule is CN(C(=O)c1ccnnc1)[C@H]1CC[C@](CN)(C2C=CC=C(Cl)C2)CC1. The maximum atomic E-state index is 12.6. The largest absolute Gasteiger partial charge is 0.339 e. The highest BCUT2D eigenvalue weighted by molar-refractivity contribution is 6.29. The molecule has 134 valence electrons. The highest BCUT2D eigenvalue weighted by Gasteiger charge is 2.41. The lowest BCUT2D eigenvalue weighted by Crippen LogP contribution is -2.47. The Balaban J connectivity index is 1.65. The van der Waals surface area contributed by atoms with Gasteiger partial charge in [-0.2, -0.15) is 10.2 Å². The van der Waals surface area contributed by atoms with E-state index in [2.05, 4.69) is 16.3 Å². The molecule has 2 N–H and O–H groups in total. The second kappa shape index (κ2) is 7.67. The fourth-order valence-corrected chi connectivity index (χ4v) is 4.38. The van der Waals surface area contributed by atoms with E-state index in [9.17, 15) is 4.79 Å². The molecule has 0 aromatic carbocycles. The summed E-state index contributed by atoms with van der Waals surface area (Å²) in [7, 11) is 1.88. The summed E-state index contributed by atoms with van der Waals surface area (Å²) in [5, 5.41) is 8.43. The van der Waals surface area contributed by atoms with Crippen molar-refractivity contribution in [2.24, 2.45) is 17.1 Å². The molecule has 5 nitrogen and oxygen atoms in total. The van der Waals surface area contributed by atoms with E-state index < -0.39 is 0 Å². The number of hydrogen-bond donors (Lipinski definition) is 1. The van der Waals surface area contributed by atoms with Crippen LogP contribution in [0.3, 0.4) is 0 Å². The molecule has 0 radical (unpaired) electrons. The van der Waals surface area contributed by atoms with Crippen LogP contribution >= 0.6 is 11.6 Å². The highest BCUT2D eigenvalue weighted by atomic mass is 35.5. The number of rotatable bonds is 4. The molecule has 1 heterocycles. The van der Waals surface area contributed by atoms with Crippen molar-refractivity contribution in [3.8, 4) is 0 Å². The van der Waals surface area contributed by atoms with Crippen molar-refractivity contribution in [1.82, 2.24) is 15.1 Å². The summed E-state index contributed by atoms with van der Waals surface area (Å²) >= 11 is 6.24. The first kappa shape index (κ1) is 18.1. The van der Waals surface area contributed by atoms with Crippen molar-refractivity contribution < 1.29 is 4.79 Å². The summed E-state index contributed by atoms with van der Waals surface area (Å²) in [5.41, 5.74) is 6.87. The van der Waals surface area contributed by atoms with E-state index in [0.29, 0.717) is 18.0 Å². The van der Waals surface area contributed by atoms with Crippen molar-refractivity contribution in [3.63, 3.8) is 0 Å². The topological polar surface area (TPSA) is 72.1 Å². The Morgan fingerprint density at radius 3 is 2.76 bits per heavy atom. The van der Waals surface area contributed by atoms with E-state index in [1.54, 1.807) is 12.3 Å². The molecule has 6 heteroatoms. The Morgan fingerprint density at radius 1 is 1.40 bits per heavy atom. The number of carbonyl (C=O) groups excluding carboxylic acids is 1. The lowest BCUT2D eigenvalue weighted by atomic mass is 9.63. The normalized spacial score (nSPS) is 29.2. The predicted molar refractivity (Wildman–Crippen MR) is 99.1 cm³/mol. The second-order valence-corrected chi connectivity index (χ2v) is 7.64. The van der Waals surface area contributed by atoms with Crippen LogP contribution in [0.15, 0.2) is 41.7 Å². The maximum Gasteiger partial charge on any atom is 0.255 e. The zero-order valence-electron chi connectivity index (χ0n) is 14.6. The summed E-state index contributed by atoms with van der Waals surface area (Å²) < 4.78 is 0. The van der Waals surface area contributed by atoms with Crippen molar-refractivity contribution >= 4 is 17.5 Å². The lowest BCUT2D eigenvalue weighted by Gasteiger charge is -2.46. The number of nitrogens with zero attached hydrogens (tertiary/aromatic N) is 3. The molecule has 1 aromatic rings. The fourth-order valence-electron chi connectivity index (χ4n) is 4.14. The van der Waals surface area contributed by atoms with Gasteiger partial charge in [0.25, 0.3) is 5.91 Å². The summed E-state index contributed by atoms with van der Waals surface area (Å²) in [4.78, 5) is 14.5. The van der Waals surface area contributed by atoms with E-state index in [0.717, 1.165) is 37.1 Å². The first-order chi connectivity index (χ1) is 12.1. The number of carbonyl (C=O) groups is 1. The molecule has 2 aliphatic carbocycles. The van der Waals surface area contributed by atoms with Crippen LogP contribution in [0, 0.1) is 11.3 Å². The Labute approximate surface area is 153 Å². The number of nitrogens with two attached hydrogens (primary N) is 1. The fraction of sp³-hybridized carbons (Fsp3) is 0.526. The third kappa shape index (κ3) is 3.77. The lowest BCUT2D eigenvalue weighted by molar-refractivity contribution is 0.0529. The predicted octanol–water partition coefficient (Wildman–Crippen LogP) is 3.14. The molecule has 1 fully saturated rings. The molecule has 1 unspecified atom stereocenters. The van der Waals surface area contributed by atoms with Crippen LogP contribution in [-0.2, 0) is 0 Å². The van der Waals surface area contributed by atoms with Gasteiger partial charge in [-0.05, 0) is 62.1 Å². The van der Waals surface area contributed by atoms with Gasteiger partial charge in [-0.1, -0.05) is 23.8 Å². The summed E-state index contributed by atoms with van der Waals surface area (Å²) in [5.74, 6) is 0.394. The highest BCUT2D eigenvalue weighted by Crippen LogP contribution is 2.47. The van der Waals surface area contributed by atoms with Crippen LogP contribution in [0.5, 0.6) is 0 Å². The van der Waals surface area contributed by atoms with Gasteiger partial charge < -0.3 is 10.6 Å². The third-order valence-electron chi connectivity index (χ3n) is 5.88. The molecule has 1 amide bonds. The minimum atomic E-state index is 0.00342.